The number of nitrogens with one attached hydrogen (secondary N) is 1. The summed E-state index contributed by atoms with van der Waals surface area (Å²) >= 11 is 1.85. The summed E-state index contributed by atoms with van der Waals surface area (Å²) < 4.78 is 13.8. The molecular weight excluding hydrogens is 466 g/mol. The van der Waals surface area contributed by atoms with Crippen LogP contribution in [0.4, 0.5) is 10.2 Å². The third-order valence-electron chi connectivity index (χ3n) is 6.91. The van der Waals surface area contributed by atoms with Crippen LogP contribution in [0.2, 0.25) is 0 Å². The Morgan fingerprint density at radius 1 is 1.09 bits per heavy atom. The first-order valence-corrected chi connectivity index (χ1v) is 11.9. The van der Waals surface area contributed by atoms with E-state index < -0.39 is 0 Å². The first-order valence-electron chi connectivity index (χ1n) is 11.1. The van der Waals surface area contributed by atoms with Gasteiger partial charge in [0.25, 0.3) is 0 Å². The van der Waals surface area contributed by atoms with Gasteiger partial charge in [0, 0.05) is 29.5 Å². The van der Waals surface area contributed by atoms with Crippen molar-refractivity contribution in [1.82, 2.24) is 14.9 Å². The molecule has 8 heteroatoms. The highest BCUT2D eigenvalue weighted by Crippen LogP contribution is 2.39. The molecule has 0 bridgehead atoms. The minimum atomic E-state index is -0.179. The molecule has 174 valence electrons. The van der Waals surface area contributed by atoms with Crippen LogP contribution in [0, 0.1) is 5.82 Å². The van der Waals surface area contributed by atoms with Crippen molar-refractivity contribution in [2.45, 2.75) is 64.0 Å². The summed E-state index contributed by atoms with van der Waals surface area (Å²) in [5.74, 6) is 0.853. The largest absolute Gasteiger partial charge is 0.367 e. The highest BCUT2D eigenvalue weighted by molar-refractivity contribution is 7.19. The van der Waals surface area contributed by atoms with Gasteiger partial charge in [-0.2, -0.15) is 0 Å². The van der Waals surface area contributed by atoms with Gasteiger partial charge in [-0.05, 0) is 75.6 Å². The van der Waals surface area contributed by atoms with Crippen molar-refractivity contribution in [3.8, 4) is 0 Å². The van der Waals surface area contributed by atoms with Crippen LogP contribution in [0.25, 0.3) is 10.2 Å². The second kappa shape index (κ2) is 10.2. The third-order valence-corrected chi connectivity index (χ3v) is 8.11. The number of piperidine rings is 1. The van der Waals surface area contributed by atoms with E-state index in [0.717, 1.165) is 48.6 Å². The molecule has 0 amide bonds. The topological polar surface area (TPSA) is 41.0 Å². The van der Waals surface area contributed by atoms with Gasteiger partial charge in [-0.15, -0.1) is 36.2 Å². The van der Waals surface area contributed by atoms with Crippen molar-refractivity contribution >= 4 is 52.2 Å². The lowest BCUT2D eigenvalue weighted by Crippen LogP contribution is -2.48. The molecule has 1 aliphatic carbocycles. The van der Waals surface area contributed by atoms with E-state index in [4.69, 9.17) is 0 Å². The number of aryl methyl sites for hydroxylation is 2. The summed E-state index contributed by atoms with van der Waals surface area (Å²) in [6.07, 6.45) is 8.69. The van der Waals surface area contributed by atoms with Crippen LogP contribution in [0.5, 0.6) is 0 Å². The second-order valence-corrected chi connectivity index (χ2v) is 10.2. The van der Waals surface area contributed by atoms with E-state index in [-0.39, 0.29) is 36.2 Å². The molecule has 2 aromatic heterocycles. The molecule has 32 heavy (non-hydrogen) atoms. The number of rotatable bonds is 4. The maximum Gasteiger partial charge on any atom is 0.138 e. The molecule has 0 radical (unpaired) electrons. The fourth-order valence-corrected chi connectivity index (χ4v) is 6.26. The van der Waals surface area contributed by atoms with Crippen molar-refractivity contribution in [3.63, 3.8) is 0 Å². The molecule has 0 spiro atoms. The highest BCUT2D eigenvalue weighted by atomic mass is 35.5. The monoisotopic (exact) mass is 496 g/mol. The second-order valence-electron chi connectivity index (χ2n) is 9.09. The predicted octanol–water partition coefficient (Wildman–Crippen LogP) is 6.36. The molecule has 1 saturated heterocycles. The van der Waals surface area contributed by atoms with Crippen LogP contribution in [0.3, 0.4) is 0 Å². The number of hydrogen-bond acceptors (Lipinski definition) is 5. The Bertz CT molecular complexity index is 1060. The normalized spacial score (nSPS) is 17.3. The molecular formula is C24H31Cl2FN4S. The maximum absolute atomic E-state index is 13.8. The van der Waals surface area contributed by atoms with Crippen molar-refractivity contribution in [2.24, 2.45) is 0 Å². The molecule has 1 N–H and O–H groups in total. The van der Waals surface area contributed by atoms with Gasteiger partial charge >= 0.3 is 0 Å². The first kappa shape index (κ1) is 25.2. The summed E-state index contributed by atoms with van der Waals surface area (Å²) in [5, 5.41) is 5.01. The van der Waals surface area contributed by atoms with Gasteiger partial charge < -0.3 is 5.32 Å². The number of anilines is 1. The predicted molar refractivity (Wildman–Crippen MR) is 136 cm³/mol. The average Bonchev–Trinajstić information content (AvgIpc) is 3.14. The molecule has 1 fully saturated rings. The van der Waals surface area contributed by atoms with Gasteiger partial charge in [0.1, 0.15) is 22.8 Å². The fourth-order valence-electron chi connectivity index (χ4n) is 5.03. The van der Waals surface area contributed by atoms with Gasteiger partial charge in [-0.1, -0.05) is 12.1 Å². The Morgan fingerprint density at radius 3 is 2.59 bits per heavy atom. The lowest BCUT2D eigenvalue weighted by Gasteiger charge is -2.43. The van der Waals surface area contributed by atoms with Gasteiger partial charge in [0.05, 0.1) is 5.39 Å². The summed E-state index contributed by atoms with van der Waals surface area (Å²) in [6.45, 7) is 6.36. The molecule has 0 atom stereocenters. The summed E-state index contributed by atoms with van der Waals surface area (Å²) in [4.78, 5) is 14.3. The minimum Gasteiger partial charge on any atom is -0.367 e. The first-order chi connectivity index (χ1) is 14.5. The van der Waals surface area contributed by atoms with Gasteiger partial charge in [0.15, 0.2) is 0 Å². The number of benzene rings is 1. The number of likely N-dealkylation sites (tertiary alicyclic amines) is 1. The number of fused-ring (bicyclic) bond motifs is 3. The SMILES string of the molecule is CC(C)(c1cccc(F)c1)N1CCC(Nc2ncnc3sc4c(c23)CCCC4)CC1.Cl.Cl. The lowest BCUT2D eigenvalue weighted by atomic mass is 9.89. The quantitative estimate of drug-likeness (QED) is 0.455. The Hall–Kier alpha value is -1.47. The lowest BCUT2D eigenvalue weighted by molar-refractivity contribution is 0.0897. The van der Waals surface area contributed by atoms with E-state index in [1.165, 1.54) is 41.2 Å². The Balaban J connectivity index is 0.00000144. The summed E-state index contributed by atoms with van der Waals surface area (Å²) in [7, 11) is 0. The molecule has 4 nitrogen and oxygen atoms in total. The molecule has 1 aromatic carbocycles. The Labute approximate surface area is 205 Å². The fraction of sp³-hybridized carbons (Fsp3) is 0.500. The molecule has 1 aliphatic heterocycles. The van der Waals surface area contributed by atoms with Crippen molar-refractivity contribution in [1.29, 1.82) is 0 Å². The molecule has 2 aliphatic rings. The minimum absolute atomic E-state index is 0. The summed E-state index contributed by atoms with van der Waals surface area (Å²) in [6, 6.07) is 7.43. The van der Waals surface area contributed by atoms with Crippen LogP contribution in [-0.2, 0) is 18.4 Å². The zero-order valence-corrected chi connectivity index (χ0v) is 21.0. The number of halogens is 3. The van der Waals surface area contributed by atoms with Crippen LogP contribution < -0.4 is 5.32 Å². The van der Waals surface area contributed by atoms with Crippen LogP contribution >= 0.6 is 36.2 Å². The van der Waals surface area contributed by atoms with Crippen molar-refractivity contribution < 1.29 is 4.39 Å². The Morgan fingerprint density at radius 2 is 1.84 bits per heavy atom. The number of nitrogens with zero attached hydrogens (tertiary/aromatic N) is 3. The van der Waals surface area contributed by atoms with Gasteiger partial charge in [0.2, 0.25) is 0 Å². The van der Waals surface area contributed by atoms with Crippen LogP contribution in [-0.4, -0.2) is 34.0 Å². The summed E-state index contributed by atoms with van der Waals surface area (Å²) in [5.41, 5.74) is 2.34. The van der Waals surface area contributed by atoms with Crippen LogP contribution in [0.15, 0.2) is 30.6 Å². The average molecular weight is 498 g/mol. The van der Waals surface area contributed by atoms with E-state index in [2.05, 4.69) is 34.0 Å². The van der Waals surface area contributed by atoms with Gasteiger partial charge in [-0.25, -0.2) is 14.4 Å². The maximum atomic E-state index is 13.8. The zero-order valence-electron chi connectivity index (χ0n) is 18.6. The standard InChI is InChI=1S/C24H29FN4S.2ClH/c1-24(2,16-6-5-7-17(25)14-16)29-12-10-18(11-13-29)28-22-21-19-8-3-4-9-20(19)30-23(21)27-15-26-22;;/h5-7,14-15,18H,3-4,8-13H2,1-2H3,(H,26,27,28);2*1H. The Kier molecular flexibility index (Phi) is 8.02. The zero-order chi connectivity index (χ0) is 20.7. The van der Waals surface area contributed by atoms with E-state index >= 15 is 0 Å². The molecule has 5 rings (SSSR count). The van der Waals surface area contributed by atoms with E-state index in [9.17, 15) is 4.39 Å². The number of aromatic nitrogens is 2. The molecule has 0 saturated carbocycles. The van der Waals surface area contributed by atoms with Crippen molar-refractivity contribution in [2.75, 3.05) is 18.4 Å². The number of hydrogen-bond donors (Lipinski definition) is 1. The van der Waals surface area contributed by atoms with Crippen molar-refractivity contribution in [3.05, 3.63) is 52.4 Å². The van der Waals surface area contributed by atoms with Gasteiger partial charge in [-0.3, -0.25) is 4.90 Å². The highest BCUT2D eigenvalue weighted by Gasteiger charge is 2.32. The van der Waals surface area contributed by atoms with Crippen LogP contribution in [0.1, 0.15) is 55.5 Å². The number of thiophene rings is 1. The molecule has 0 unspecified atom stereocenters. The molecule has 3 heterocycles. The molecule has 3 aromatic rings. The van der Waals surface area contributed by atoms with E-state index in [1.54, 1.807) is 12.4 Å². The smallest absolute Gasteiger partial charge is 0.138 e. The van der Waals surface area contributed by atoms with E-state index in [1.807, 2.05) is 23.5 Å². The third kappa shape index (κ3) is 4.74. The van der Waals surface area contributed by atoms with E-state index in [0.29, 0.717) is 6.04 Å².